The quantitative estimate of drug-likeness (QED) is 0.0862. The molecule has 59 heavy (non-hydrogen) atoms. The Hall–Kier alpha value is -5.96. The summed E-state index contributed by atoms with van der Waals surface area (Å²) in [5.41, 5.74) is 0.835. The minimum Gasteiger partial charge on any atom is -0.504 e. The van der Waals surface area contributed by atoms with E-state index in [-0.39, 0.29) is 24.5 Å². The fraction of sp³-hybridized carbons (Fsp3) is 0.487. The second-order valence-corrected chi connectivity index (χ2v) is 13.4. The standard InChI is InChI=1S/C39H46O20/c1-18-32(53-19(2)40)34(55-21(4)42)37(57-23(6)44)39(52-18)59-35-33(54-20(3)41)30(17-51-31(49)12-9-24-7-10-26(45)28(47)15-24)58-38(36(35)56-22(5)43)50-14-13-25-8-11-27(46)29(48)16-25/h7-12,15-16,18,30,32-39,45-48H,13-14,17H2,1-6H3/b12-9+/t18-,30+,32-,33+,34+,35-,36+,37+,38+,39-/m0/s1. The smallest absolute Gasteiger partial charge is 0.330 e. The first kappa shape index (κ1) is 45.7. The Morgan fingerprint density at radius 3 is 1.71 bits per heavy atom. The molecule has 4 N–H and O–H groups in total. The van der Waals surface area contributed by atoms with Crippen LogP contribution in [0, 0.1) is 0 Å². The van der Waals surface area contributed by atoms with Crippen molar-refractivity contribution in [2.24, 2.45) is 0 Å². The number of esters is 6. The van der Waals surface area contributed by atoms with Crippen molar-refractivity contribution < 1.29 is 96.6 Å². The summed E-state index contributed by atoms with van der Waals surface area (Å²) >= 11 is 0. The van der Waals surface area contributed by atoms with Crippen molar-refractivity contribution in [3.63, 3.8) is 0 Å². The number of phenolic OH excluding ortho intramolecular Hbond substituents is 4. The first-order valence-electron chi connectivity index (χ1n) is 18.1. The monoisotopic (exact) mass is 834 g/mol. The van der Waals surface area contributed by atoms with Gasteiger partial charge in [0.1, 0.15) is 18.8 Å². The predicted molar refractivity (Wildman–Crippen MR) is 195 cm³/mol. The van der Waals surface area contributed by atoms with Gasteiger partial charge < -0.3 is 67.8 Å². The molecule has 0 bridgehead atoms. The van der Waals surface area contributed by atoms with Crippen LogP contribution < -0.4 is 0 Å². The molecule has 4 rings (SSSR count). The van der Waals surface area contributed by atoms with Crippen molar-refractivity contribution in [2.75, 3.05) is 13.2 Å². The molecule has 0 aromatic heterocycles. The van der Waals surface area contributed by atoms with E-state index in [4.69, 9.17) is 47.4 Å². The zero-order valence-electron chi connectivity index (χ0n) is 32.8. The minimum absolute atomic E-state index is 0.107. The maximum atomic E-state index is 12.9. The molecular weight excluding hydrogens is 788 g/mol. The van der Waals surface area contributed by atoms with Crippen LogP contribution in [0.4, 0.5) is 0 Å². The molecule has 322 valence electrons. The van der Waals surface area contributed by atoms with E-state index in [9.17, 15) is 49.2 Å². The van der Waals surface area contributed by atoms with E-state index in [0.29, 0.717) is 11.1 Å². The number of carbonyl (C=O) groups is 6. The van der Waals surface area contributed by atoms with Crippen LogP contribution >= 0.6 is 0 Å². The largest absolute Gasteiger partial charge is 0.504 e. The van der Waals surface area contributed by atoms with Crippen LogP contribution in [0.2, 0.25) is 0 Å². The molecule has 20 heteroatoms. The van der Waals surface area contributed by atoms with Crippen LogP contribution in [-0.4, -0.2) is 131 Å². The summed E-state index contributed by atoms with van der Waals surface area (Å²) in [7, 11) is 0. The van der Waals surface area contributed by atoms with Crippen LogP contribution in [0.15, 0.2) is 42.5 Å². The van der Waals surface area contributed by atoms with Gasteiger partial charge in [0.25, 0.3) is 0 Å². The van der Waals surface area contributed by atoms with Crippen molar-refractivity contribution in [1.82, 2.24) is 0 Å². The highest BCUT2D eigenvalue weighted by Gasteiger charge is 2.57. The summed E-state index contributed by atoms with van der Waals surface area (Å²) in [5, 5.41) is 39.1. The Balaban J connectivity index is 1.73. The third-order valence-electron chi connectivity index (χ3n) is 8.63. The average Bonchev–Trinajstić information content (AvgIpc) is 3.13. The van der Waals surface area contributed by atoms with Crippen LogP contribution in [-0.2, 0) is 82.6 Å². The van der Waals surface area contributed by atoms with Gasteiger partial charge in [0.15, 0.2) is 66.1 Å². The molecule has 2 aliphatic heterocycles. The fourth-order valence-electron chi connectivity index (χ4n) is 6.22. The van der Waals surface area contributed by atoms with Gasteiger partial charge in [-0.3, -0.25) is 24.0 Å². The lowest BCUT2D eigenvalue weighted by Gasteiger charge is -2.48. The molecule has 0 saturated carbocycles. The highest BCUT2D eigenvalue weighted by atomic mass is 16.8. The summed E-state index contributed by atoms with van der Waals surface area (Å²) in [6.07, 6.45) is -12.8. The van der Waals surface area contributed by atoms with Crippen LogP contribution in [0.5, 0.6) is 23.0 Å². The highest BCUT2D eigenvalue weighted by molar-refractivity contribution is 5.87. The zero-order valence-corrected chi connectivity index (χ0v) is 32.8. The SMILES string of the molecule is CC(=O)O[C@@H]1[C@@H](OC(C)=O)[C@H](C)O[C@@H](O[C@@H]2[C@@H](OC(C)=O)[C@H](OCCc3ccc(O)c(O)c3)O[C@H](COC(=O)/C=C/c3ccc(O)c(O)c3)[C@H]2OC(C)=O)[C@@H]1OC(C)=O. The molecule has 2 heterocycles. The van der Waals surface area contributed by atoms with Crippen molar-refractivity contribution in [3.05, 3.63) is 53.6 Å². The molecule has 0 amide bonds. The first-order chi connectivity index (χ1) is 27.8. The molecule has 0 aliphatic carbocycles. The lowest BCUT2D eigenvalue weighted by Crippen LogP contribution is -2.66. The lowest BCUT2D eigenvalue weighted by molar-refractivity contribution is -0.359. The van der Waals surface area contributed by atoms with Crippen molar-refractivity contribution in [3.8, 4) is 23.0 Å². The number of phenols is 4. The molecule has 2 saturated heterocycles. The summed E-state index contributed by atoms with van der Waals surface area (Å²) in [5.74, 6) is -6.82. The van der Waals surface area contributed by atoms with Gasteiger partial charge in [-0.15, -0.1) is 0 Å². The number of carbonyl (C=O) groups excluding carboxylic acids is 6. The predicted octanol–water partition coefficient (Wildman–Crippen LogP) is 1.84. The summed E-state index contributed by atoms with van der Waals surface area (Å²) < 4.78 is 57.7. The number of aromatic hydroxyl groups is 4. The molecule has 0 radical (unpaired) electrons. The Labute approximate surface area is 337 Å². The van der Waals surface area contributed by atoms with Crippen LogP contribution in [0.3, 0.4) is 0 Å². The molecule has 0 spiro atoms. The minimum atomic E-state index is -1.72. The maximum absolute atomic E-state index is 12.9. The molecule has 2 aliphatic rings. The Morgan fingerprint density at radius 2 is 1.14 bits per heavy atom. The summed E-state index contributed by atoms with van der Waals surface area (Å²) in [6, 6.07) is 7.88. The van der Waals surface area contributed by atoms with Crippen LogP contribution in [0.1, 0.15) is 52.7 Å². The van der Waals surface area contributed by atoms with Gasteiger partial charge >= 0.3 is 35.8 Å². The summed E-state index contributed by atoms with van der Waals surface area (Å²) in [4.78, 5) is 75.0. The number of hydrogen-bond donors (Lipinski definition) is 4. The Kier molecular flexibility index (Phi) is 16.0. The zero-order chi connectivity index (χ0) is 43.6. The molecule has 2 aromatic rings. The topological polar surface area (TPSA) is 276 Å². The van der Waals surface area contributed by atoms with E-state index in [1.54, 1.807) is 0 Å². The third-order valence-corrected chi connectivity index (χ3v) is 8.63. The van der Waals surface area contributed by atoms with E-state index in [2.05, 4.69) is 0 Å². The van der Waals surface area contributed by atoms with E-state index in [0.717, 1.165) is 40.7 Å². The van der Waals surface area contributed by atoms with Gasteiger partial charge in [-0.25, -0.2) is 4.79 Å². The third kappa shape index (κ3) is 13.0. The number of rotatable bonds is 15. The van der Waals surface area contributed by atoms with E-state index >= 15 is 0 Å². The highest BCUT2D eigenvalue weighted by Crippen LogP contribution is 2.36. The van der Waals surface area contributed by atoms with E-state index < -0.39 is 115 Å². The van der Waals surface area contributed by atoms with Gasteiger partial charge in [0, 0.05) is 40.7 Å². The van der Waals surface area contributed by atoms with E-state index in [1.807, 2.05) is 0 Å². The lowest BCUT2D eigenvalue weighted by atomic mass is 9.96. The van der Waals surface area contributed by atoms with Gasteiger partial charge in [0.2, 0.25) is 0 Å². The molecule has 2 aromatic carbocycles. The Morgan fingerprint density at radius 1 is 0.610 bits per heavy atom. The number of ether oxygens (including phenoxy) is 10. The van der Waals surface area contributed by atoms with Crippen molar-refractivity contribution >= 4 is 41.9 Å². The second kappa shape index (κ2) is 20.6. The molecule has 0 unspecified atom stereocenters. The van der Waals surface area contributed by atoms with Crippen molar-refractivity contribution in [1.29, 1.82) is 0 Å². The maximum Gasteiger partial charge on any atom is 0.330 e. The Bertz CT molecular complexity index is 1880. The van der Waals surface area contributed by atoms with Gasteiger partial charge in [-0.2, -0.15) is 0 Å². The van der Waals surface area contributed by atoms with Gasteiger partial charge in [-0.1, -0.05) is 12.1 Å². The van der Waals surface area contributed by atoms with Crippen molar-refractivity contribution in [2.45, 2.75) is 109 Å². The van der Waals surface area contributed by atoms with Gasteiger partial charge in [0.05, 0.1) is 12.7 Å². The molecular formula is C39H46O20. The van der Waals surface area contributed by atoms with Crippen LogP contribution in [0.25, 0.3) is 6.08 Å². The summed E-state index contributed by atoms with van der Waals surface area (Å²) in [6.45, 7) is 5.93. The number of benzene rings is 2. The van der Waals surface area contributed by atoms with E-state index in [1.165, 1.54) is 49.4 Å². The number of hydrogen-bond acceptors (Lipinski definition) is 20. The normalized spacial score (nSPS) is 26.6. The molecule has 20 nitrogen and oxygen atoms in total. The fourth-order valence-corrected chi connectivity index (χ4v) is 6.22. The molecule has 2 fully saturated rings. The average molecular weight is 835 g/mol. The molecule has 10 atom stereocenters. The second-order valence-electron chi connectivity index (χ2n) is 13.4. The first-order valence-corrected chi connectivity index (χ1v) is 18.1. The van der Waals surface area contributed by atoms with Gasteiger partial charge in [-0.05, 0) is 54.8 Å².